The molecule has 2 aromatic carbocycles. The quantitative estimate of drug-likeness (QED) is 0.672. The molecule has 0 aromatic heterocycles. The molecule has 0 N–H and O–H groups in total. The fraction of sp³-hybridized carbons (Fsp3) is 0.400. The van der Waals surface area contributed by atoms with E-state index >= 15 is 0 Å². The summed E-state index contributed by atoms with van der Waals surface area (Å²) < 4.78 is 16.5. The Morgan fingerprint density at radius 2 is 1.70 bits per heavy atom. The second-order valence-corrected chi connectivity index (χ2v) is 7.66. The maximum atomic E-state index is 12.8. The summed E-state index contributed by atoms with van der Waals surface area (Å²) in [5.41, 5.74) is 5.81. The first-order chi connectivity index (χ1) is 14.5. The van der Waals surface area contributed by atoms with Gasteiger partial charge >= 0.3 is 0 Å². The third-order valence-corrected chi connectivity index (χ3v) is 5.70. The lowest BCUT2D eigenvalue weighted by Crippen LogP contribution is -2.34. The highest BCUT2D eigenvalue weighted by atomic mass is 16.5. The fourth-order valence-corrected chi connectivity index (χ4v) is 3.97. The van der Waals surface area contributed by atoms with Crippen molar-refractivity contribution in [1.82, 2.24) is 4.90 Å². The summed E-state index contributed by atoms with van der Waals surface area (Å²) in [5.74, 6) is 2.31. The summed E-state index contributed by atoms with van der Waals surface area (Å²) in [6.45, 7) is 5.49. The number of amides is 1. The van der Waals surface area contributed by atoms with Crippen LogP contribution in [-0.4, -0.2) is 45.2 Å². The first kappa shape index (κ1) is 21.8. The van der Waals surface area contributed by atoms with E-state index in [4.69, 9.17) is 14.2 Å². The van der Waals surface area contributed by atoms with E-state index in [1.54, 1.807) is 21.3 Å². The predicted octanol–water partition coefficient (Wildman–Crippen LogP) is 4.58. The van der Waals surface area contributed by atoms with Crippen molar-refractivity contribution in [1.29, 1.82) is 0 Å². The van der Waals surface area contributed by atoms with Gasteiger partial charge in [-0.25, -0.2) is 0 Å². The number of rotatable bonds is 7. The lowest BCUT2D eigenvalue weighted by atomic mass is 9.96. The van der Waals surface area contributed by atoms with Crippen LogP contribution in [0.4, 0.5) is 0 Å². The molecule has 5 heteroatoms. The molecule has 1 aliphatic heterocycles. The zero-order valence-electron chi connectivity index (χ0n) is 18.6. The number of hydrogen-bond acceptors (Lipinski definition) is 4. The van der Waals surface area contributed by atoms with Gasteiger partial charge in [0.15, 0.2) is 0 Å². The Kier molecular flexibility index (Phi) is 7.03. The molecule has 0 saturated carbocycles. The molecule has 3 rings (SSSR count). The number of hydrogen-bond donors (Lipinski definition) is 0. The lowest BCUT2D eigenvalue weighted by Gasteiger charge is -2.28. The van der Waals surface area contributed by atoms with Crippen molar-refractivity contribution < 1.29 is 19.0 Å². The molecule has 0 radical (unpaired) electrons. The molecule has 30 heavy (non-hydrogen) atoms. The van der Waals surface area contributed by atoms with Crippen LogP contribution in [0.25, 0.3) is 5.57 Å². The van der Waals surface area contributed by atoms with Crippen molar-refractivity contribution in [2.45, 2.75) is 33.1 Å². The van der Waals surface area contributed by atoms with Crippen LogP contribution in [0.1, 0.15) is 35.1 Å². The van der Waals surface area contributed by atoms with E-state index in [0.717, 1.165) is 24.0 Å². The molecule has 0 spiro atoms. The topological polar surface area (TPSA) is 48.0 Å². The van der Waals surface area contributed by atoms with Crippen LogP contribution in [0.2, 0.25) is 0 Å². The van der Waals surface area contributed by atoms with Crippen LogP contribution < -0.4 is 14.2 Å². The summed E-state index contributed by atoms with van der Waals surface area (Å²) in [6, 6.07) is 10.1. The van der Waals surface area contributed by atoms with Crippen molar-refractivity contribution in [3.05, 3.63) is 58.7 Å². The largest absolute Gasteiger partial charge is 0.496 e. The first-order valence-corrected chi connectivity index (χ1v) is 10.3. The smallest absolute Gasteiger partial charge is 0.223 e. The Morgan fingerprint density at radius 3 is 2.23 bits per heavy atom. The Labute approximate surface area is 179 Å². The van der Waals surface area contributed by atoms with Gasteiger partial charge in [-0.1, -0.05) is 29.8 Å². The number of nitrogens with zero attached hydrogens (tertiary/aromatic N) is 1. The van der Waals surface area contributed by atoms with Crippen molar-refractivity contribution in [2.75, 3.05) is 34.4 Å². The fourth-order valence-electron chi connectivity index (χ4n) is 3.97. The molecular weight excluding hydrogens is 378 g/mol. The molecule has 5 nitrogen and oxygen atoms in total. The van der Waals surface area contributed by atoms with Gasteiger partial charge in [-0.3, -0.25) is 4.79 Å². The predicted molar refractivity (Wildman–Crippen MR) is 120 cm³/mol. The Morgan fingerprint density at radius 1 is 1.00 bits per heavy atom. The highest BCUT2D eigenvalue weighted by molar-refractivity contribution is 5.81. The Balaban J connectivity index is 1.70. The summed E-state index contributed by atoms with van der Waals surface area (Å²) in [7, 11) is 4.91. The van der Waals surface area contributed by atoms with Gasteiger partial charge in [-0.05, 0) is 43.4 Å². The molecule has 1 heterocycles. The monoisotopic (exact) mass is 409 g/mol. The number of carbonyl (C=O) groups is 1. The van der Waals surface area contributed by atoms with E-state index in [-0.39, 0.29) is 5.91 Å². The molecule has 0 fully saturated rings. The third kappa shape index (κ3) is 4.78. The number of aryl methyl sites for hydroxylation is 3. The molecular formula is C25H31NO4. The van der Waals surface area contributed by atoms with Crippen LogP contribution in [0.15, 0.2) is 36.4 Å². The van der Waals surface area contributed by atoms with E-state index in [1.165, 1.54) is 16.7 Å². The zero-order chi connectivity index (χ0) is 21.7. The SMILES string of the molecule is COc1cc(OC)c(C2=CCN(C(=O)CCc3ccc(C)cc3C)CC2)c(OC)c1. The van der Waals surface area contributed by atoms with E-state index in [2.05, 4.69) is 38.1 Å². The van der Waals surface area contributed by atoms with Crippen LogP contribution in [0.5, 0.6) is 17.2 Å². The van der Waals surface area contributed by atoms with Gasteiger partial charge in [0.05, 0.1) is 26.9 Å². The van der Waals surface area contributed by atoms with E-state index in [0.29, 0.717) is 36.8 Å². The minimum absolute atomic E-state index is 0.193. The summed E-state index contributed by atoms with van der Waals surface area (Å²) in [6.07, 6.45) is 4.17. The van der Waals surface area contributed by atoms with Gasteiger partial charge in [0.2, 0.25) is 5.91 Å². The molecule has 0 unspecified atom stereocenters. The third-order valence-electron chi connectivity index (χ3n) is 5.70. The van der Waals surface area contributed by atoms with Gasteiger partial charge in [0, 0.05) is 31.6 Å². The van der Waals surface area contributed by atoms with E-state index in [9.17, 15) is 4.79 Å². The second kappa shape index (κ2) is 9.70. The molecule has 2 aromatic rings. The van der Waals surface area contributed by atoms with Crippen molar-refractivity contribution in [3.8, 4) is 17.2 Å². The van der Waals surface area contributed by atoms with Crippen LogP contribution in [0.3, 0.4) is 0 Å². The van der Waals surface area contributed by atoms with Crippen LogP contribution >= 0.6 is 0 Å². The summed E-state index contributed by atoms with van der Waals surface area (Å²) >= 11 is 0. The van der Waals surface area contributed by atoms with Gasteiger partial charge < -0.3 is 19.1 Å². The number of ether oxygens (including phenoxy) is 3. The average molecular weight is 410 g/mol. The Hall–Kier alpha value is -2.95. The zero-order valence-corrected chi connectivity index (χ0v) is 18.6. The Bertz CT molecular complexity index is 923. The lowest BCUT2D eigenvalue weighted by molar-refractivity contribution is -0.130. The van der Waals surface area contributed by atoms with Gasteiger partial charge in [0.1, 0.15) is 17.2 Å². The minimum atomic E-state index is 0.193. The van der Waals surface area contributed by atoms with Gasteiger partial charge in [-0.2, -0.15) is 0 Å². The molecule has 0 aliphatic carbocycles. The summed E-state index contributed by atoms with van der Waals surface area (Å²) in [4.78, 5) is 14.7. The second-order valence-electron chi connectivity index (χ2n) is 7.66. The molecule has 0 atom stereocenters. The normalized spacial score (nSPS) is 13.6. The molecule has 0 saturated heterocycles. The molecule has 0 bridgehead atoms. The van der Waals surface area contributed by atoms with Crippen LogP contribution in [-0.2, 0) is 11.2 Å². The number of methoxy groups -OCH3 is 3. The molecule has 1 aliphatic rings. The maximum absolute atomic E-state index is 12.8. The van der Waals surface area contributed by atoms with Crippen LogP contribution in [0, 0.1) is 13.8 Å². The van der Waals surface area contributed by atoms with Crippen molar-refractivity contribution in [2.24, 2.45) is 0 Å². The van der Waals surface area contributed by atoms with Crippen molar-refractivity contribution >= 4 is 11.5 Å². The molecule has 160 valence electrons. The van der Waals surface area contributed by atoms with Gasteiger partial charge in [0.25, 0.3) is 0 Å². The molecule has 1 amide bonds. The van der Waals surface area contributed by atoms with E-state index in [1.807, 2.05) is 17.0 Å². The van der Waals surface area contributed by atoms with Crippen molar-refractivity contribution in [3.63, 3.8) is 0 Å². The minimum Gasteiger partial charge on any atom is -0.496 e. The van der Waals surface area contributed by atoms with E-state index < -0.39 is 0 Å². The summed E-state index contributed by atoms with van der Waals surface area (Å²) in [5, 5.41) is 0. The number of benzene rings is 2. The first-order valence-electron chi connectivity index (χ1n) is 10.3. The highest BCUT2D eigenvalue weighted by Crippen LogP contribution is 2.40. The van der Waals surface area contributed by atoms with Gasteiger partial charge in [-0.15, -0.1) is 0 Å². The highest BCUT2D eigenvalue weighted by Gasteiger charge is 2.23. The maximum Gasteiger partial charge on any atom is 0.223 e. The standard InChI is InChI=1S/C25H31NO4/c1-17-6-7-19(18(2)14-17)8-9-24(27)26-12-10-20(11-13-26)25-22(29-4)15-21(28-3)16-23(25)30-5/h6-7,10,14-16H,8-9,11-13H2,1-5H3. The average Bonchev–Trinajstić information content (AvgIpc) is 2.77. The number of carbonyl (C=O) groups excluding carboxylic acids is 1.